The molecule has 2 fully saturated rings. The molecular weight excluding hydrogens is 256 g/mol. The molecule has 2 rings (SSSR count). The predicted octanol–water partition coefficient (Wildman–Crippen LogP) is 3.78. The van der Waals surface area contributed by atoms with Gasteiger partial charge in [-0.15, -0.1) is 0 Å². The summed E-state index contributed by atoms with van der Waals surface area (Å²) in [5.74, 6) is -0.399. The zero-order valence-electron chi connectivity index (χ0n) is 12.6. The summed E-state index contributed by atoms with van der Waals surface area (Å²) >= 11 is 0. The Hall–Kier alpha value is -1.06. The average molecular weight is 284 g/mol. The maximum absolute atomic E-state index is 11.2. The van der Waals surface area contributed by atoms with Crippen LogP contribution in [0.5, 0.6) is 0 Å². The second kappa shape index (κ2) is 9.78. The van der Waals surface area contributed by atoms with Gasteiger partial charge in [0, 0.05) is 0 Å². The summed E-state index contributed by atoms with van der Waals surface area (Å²) in [5.41, 5.74) is 0. The molecule has 2 saturated carbocycles. The Bertz CT molecular complexity index is 289. The molecule has 0 aromatic rings. The van der Waals surface area contributed by atoms with Crippen LogP contribution in [0.2, 0.25) is 0 Å². The van der Waals surface area contributed by atoms with Gasteiger partial charge in [0.15, 0.2) is 0 Å². The van der Waals surface area contributed by atoms with Crippen LogP contribution >= 0.6 is 0 Å². The van der Waals surface area contributed by atoms with E-state index in [0.717, 1.165) is 38.5 Å². The fourth-order valence-electron chi connectivity index (χ4n) is 2.95. The van der Waals surface area contributed by atoms with Crippen molar-refractivity contribution < 1.29 is 19.4 Å². The highest BCUT2D eigenvalue weighted by Gasteiger charge is 2.21. The third-order valence-corrected chi connectivity index (χ3v) is 4.18. The molecule has 1 N–H and O–H groups in total. The number of rotatable bonds is 3. The van der Waals surface area contributed by atoms with E-state index in [1.165, 1.54) is 25.7 Å². The zero-order chi connectivity index (χ0) is 14.8. The Morgan fingerprint density at radius 3 is 1.70 bits per heavy atom. The van der Waals surface area contributed by atoms with Gasteiger partial charge in [-0.2, -0.15) is 0 Å². The van der Waals surface area contributed by atoms with Crippen LogP contribution in [0.1, 0.15) is 71.1 Å². The van der Waals surface area contributed by atoms with Crippen molar-refractivity contribution in [3.05, 3.63) is 0 Å². The number of carbonyl (C=O) groups excluding carboxylic acids is 1. The lowest BCUT2D eigenvalue weighted by molar-refractivity contribution is -0.149. The minimum absolute atomic E-state index is 0.0206. The average Bonchev–Trinajstić information content (AvgIpc) is 2.50. The number of carboxylic acids is 1. The molecular formula is C16H28O4. The summed E-state index contributed by atoms with van der Waals surface area (Å²) < 4.78 is 4.94. The monoisotopic (exact) mass is 284 g/mol. The highest BCUT2D eigenvalue weighted by Crippen LogP contribution is 2.24. The summed E-state index contributed by atoms with van der Waals surface area (Å²) in [6, 6.07) is 0. The highest BCUT2D eigenvalue weighted by atomic mass is 16.5. The van der Waals surface area contributed by atoms with E-state index in [9.17, 15) is 9.59 Å². The lowest BCUT2D eigenvalue weighted by Crippen LogP contribution is -2.20. The molecule has 0 amide bonds. The fourth-order valence-corrected chi connectivity index (χ4v) is 2.95. The second-order valence-corrected chi connectivity index (χ2v) is 5.76. The van der Waals surface area contributed by atoms with Gasteiger partial charge in [-0.3, -0.25) is 9.59 Å². The van der Waals surface area contributed by atoms with Crippen molar-refractivity contribution in [3.63, 3.8) is 0 Å². The SMILES string of the molecule is CCOC(=O)C1CCCCC1.O=C(O)C1CCCCC1. The van der Waals surface area contributed by atoms with Gasteiger partial charge in [0.25, 0.3) is 0 Å². The van der Waals surface area contributed by atoms with Gasteiger partial charge in [0.05, 0.1) is 18.4 Å². The van der Waals surface area contributed by atoms with Gasteiger partial charge in [-0.25, -0.2) is 0 Å². The van der Waals surface area contributed by atoms with E-state index in [1.54, 1.807) is 0 Å². The molecule has 4 heteroatoms. The normalized spacial score (nSPS) is 20.6. The van der Waals surface area contributed by atoms with Crippen molar-refractivity contribution in [2.45, 2.75) is 71.1 Å². The van der Waals surface area contributed by atoms with E-state index in [4.69, 9.17) is 9.84 Å². The smallest absolute Gasteiger partial charge is 0.308 e. The summed E-state index contributed by atoms with van der Waals surface area (Å²) in [5, 5.41) is 8.54. The van der Waals surface area contributed by atoms with Crippen LogP contribution in [0, 0.1) is 11.8 Å². The Morgan fingerprint density at radius 1 is 0.900 bits per heavy atom. The van der Waals surface area contributed by atoms with Crippen LogP contribution < -0.4 is 0 Å². The van der Waals surface area contributed by atoms with Crippen molar-refractivity contribution in [1.82, 2.24) is 0 Å². The van der Waals surface area contributed by atoms with Crippen molar-refractivity contribution in [2.75, 3.05) is 6.61 Å². The summed E-state index contributed by atoms with van der Waals surface area (Å²) in [7, 11) is 0. The third-order valence-electron chi connectivity index (χ3n) is 4.18. The van der Waals surface area contributed by atoms with E-state index in [1.807, 2.05) is 6.92 Å². The van der Waals surface area contributed by atoms with E-state index in [-0.39, 0.29) is 17.8 Å². The molecule has 0 saturated heterocycles. The highest BCUT2D eigenvalue weighted by molar-refractivity contribution is 5.72. The van der Waals surface area contributed by atoms with E-state index in [2.05, 4.69) is 0 Å². The summed E-state index contributed by atoms with van der Waals surface area (Å²) in [4.78, 5) is 21.5. The number of hydrogen-bond donors (Lipinski definition) is 1. The molecule has 2 aliphatic carbocycles. The zero-order valence-corrected chi connectivity index (χ0v) is 12.6. The Morgan fingerprint density at radius 2 is 1.35 bits per heavy atom. The molecule has 0 spiro atoms. The van der Waals surface area contributed by atoms with Crippen LogP contribution in [-0.2, 0) is 14.3 Å². The molecule has 0 bridgehead atoms. The molecule has 4 nitrogen and oxygen atoms in total. The van der Waals surface area contributed by atoms with Gasteiger partial charge in [0.1, 0.15) is 0 Å². The van der Waals surface area contributed by atoms with Gasteiger partial charge < -0.3 is 9.84 Å². The molecule has 0 radical (unpaired) electrons. The lowest BCUT2D eigenvalue weighted by Gasteiger charge is -2.19. The van der Waals surface area contributed by atoms with Gasteiger partial charge >= 0.3 is 11.9 Å². The van der Waals surface area contributed by atoms with Crippen molar-refractivity contribution >= 4 is 11.9 Å². The first-order chi connectivity index (χ1) is 9.65. The number of ether oxygens (including phenoxy) is 1. The minimum Gasteiger partial charge on any atom is -0.481 e. The second-order valence-electron chi connectivity index (χ2n) is 5.76. The molecule has 0 aromatic heterocycles. The molecule has 0 atom stereocenters. The molecule has 0 unspecified atom stereocenters. The minimum atomic E-state index is -0.602. The summed E-state index contributed by atoms with van der Waals surface area (Å²) in [6.45, 7) is 2.38. The van der Waals surface area contributed by atoms with Gasteiger partial charge in [-0.1, -0.05) is 38.5 Å². The standard InChI is InChI=1S/C9H16O2.C7H12O2/c1-2-11-9(10)8-6-4-3-5-7-8;8-7(9)6-4-2-1-3-5-6/h8H,2-7H2,1H3;6H,1-5H2,(H,8,9). The molecule has 116 valence electrons. The maximum atomic E-state index is 11.2. The van der Waals surface area contributed by atoms with E-state index < -0.39 is 5.97 Å². The number of esters is 1. The predicted molar refractivity (Wildman–Crippen MR) is 77.4 cm³/mol. The first kappa shape index (κ1) is 17.0. The van der Waals surface area contributed by atoms with Crippen LogP contribution in [0.25, 0.3) is 0 Å². The van der Waals surface area contributed by atoms with Crippen LogP contribution in [0.3, 0.4) is 0 Å². The third kappa shape index (κ3) is 6.40. The van der Waals surface area contributed by atoms with Crippen LogP contribution in [-0.4, -0.2) is 23.7 Å². The first-order valence-electron chi connectivity index (χ1n) is 8.04. The van der Waals surface area contributed by atoms with Crippen molar-refractivity contribution in [1.29, 1.82) is 0 Å². The number of hydrogen-bond acceptors (Lipinski definition) is 3. The number of carboxylic acid groups (broad SMARTS) is 1. The summed E-state index contributed by atoms with van der Waals surface area (Å²) in [6.07, 6.45) is 11.0. The van der Waals surface area contributed by atoms with E-state index in [0.29, 0.717) is 6.61 Å². The van der Waals surface area contributed by atoms with Crippen LogP contribution in [0.15, 0.2) is 0 Å². The van der Waals surface area contributed by atoms with Gasteiger partial charge in [-0.05, 0) is 32.6 Å². The molecule has 0 heterocycles. The van der Waals surface area contributed by atoms with Crippen molar-refractivity contribution in [2.24, 2.45) is 11.8 Å². The molecule has 0 aromatic carbocycles. The first-order valence-corrected chi connectivity index (χ1v) is 8.04. The number of aliphatic carboxylic acids is 1. The quantitative estimate of drug-likeness (QED) is 0.801. The molecule has 0 aliphatic heterocycles. The van der Waals surface area contributed by atoms with Crippen molar-refractivity contribution in [3.8, 4) is 0 Å². The number of carbonyl (C=O) groups is 2. The Balaban J connectivity index is 0.000000204. The van der Waals surface area contributed by atoms with Gasteiger partial charge in [0.2, 0.25) is 0 Å². The fraction of sp³-hybridized carbons (Fsp3) is 0.875. The topological polar surface area (TPSA) is 63.6 Å². The van der Waals surface area contributed by atoms with E-state index >= 15 is 0 Å². The van der Waals surface area contributed by atoms with Crippen LogP contribution in [0.4, 0.5) is 0 Å². The largest absolute Gasteiger partial charge is 0.481 e. The molecule has 2 aliphatic rings. The maximum Gasteiger partial charge on any atom is 0.308 e. The lowest BCUT2D eigenvalue weighted by atomic mass is 9.89. The molecule has 20 heavy (non-hydrogen) atoms. The Kier molecular flexibility index (Phi) is 8.31. The Labute approximate surface area is 121 Å².